The number of aromatic nitrogens is 2. The Labute approximate surface area is 222 Å². The minimum Gasteiger partial charge on any atom is -0.474 e. The highest BCUT2D eigenvalue weighted by Gasteiger charge is 2.30. The van der Waals surface area contributed by atoms with Crippen LogP contribution in [0.15, 0.2) is 53.7 Å². The molecule has 4 rings (SSSR count). The van der Waals surface area contributed by atoms with Gasteiger partial charge in [-0.3, -0.25) is 4.79 Å². The predicted octanol–water partition coefficient (Wildman–Crippen LogP) is 4.75. The summed E-state index contributed by atoms with van der Waals surface area (Å²) in [6, 6.07) is 7.83. The summed E-state index contributed by atoms with van der Waals surface area (Å²) in [5, 5.41) is 0. The molecule has 0 saturated carbocycles. The lowest BCUT2D eigenvalue weighted by molar-refractivity contribution is -0.137. The van der Waals surface area contributed by atoms with Gasteiger partial charge in [-0.05, 0) is 42.8 Å². The topological polar surface area (TPSA) is 98.7 Å². The Morgan fingerprint density at radius 1 is 1.05 bits per heavy atom. The lowest BCUT2D eigenvalue weighted by atomic mass is 10.0. The van der Waals surface area contributed by atoms with E-state index in [-0.39, 0.29) is 40.8 Å². The molecule has 8 nitrogen and oxygen atoms in total. The van der Waals surface area contributed by atoms with Crippen molar-refractivity contribution in [2.45, 2.75) is 43.4 Å². The van der Waals surface area contributed by atoms with Crippen LogP contribution in [0.1, 0.15) is 29.5 Å². The fourth-order valence-electron chi connectivity index (χ4n) is 4.02. The van der Waals surface area contributed by atoms with Crippen LogP contribution in [0.4, 0.5) is 17.6 Å². The zero-order valence-electron chi connectivity index (χ0n) is 21.0. The number of benzene rings is 2. The zero-order valence-corrected chi connectivity index (χ0v) is 21.9. The molecule has 2 heterocycles. The van der Waals surface area contributed by atoms with Gasteiger partial charge in [-0.2, -0.15) is 13.2 Å². The molecule has 3 aromatic rings. The molecule has 1 aliphatic heterocycles. The van der Waals surface area contributed by atoms with Crippen LogP contribution in [-0.2, 0) is 27.2 Å². The molecule has 0 unspecified atom stereocenters. The Hall–Kier alpha value is -3.74. The van der Waals surface area contributed by atoms with Crippen LogP contribution in [0, 0.1) is 12.7 Å². The summed E-state index contributed by atoms with van der Waals surface area (Å²) in [5.41, 5.74) is 0.142. The maximum atomic E-state index is 14.4. The number of hydrogen-bond donors (Lipinski definition) is 0. The first-order chi connectivity index (χ1) is 18.3. The molecule has 2 aromatic carbocycles. The number of carbonyl (C=O) groups is 1. The number of rotatable bonds is 7. The van der Waals surface area contributed by atoms with Gasteiger partial charge in [0.05, 0.1) is 22.4 Å². The number of nitrogens with zero attached hydrogens (tertiary/aromatic N) is 3. The number of sulfone groups is 1. The third kappa shape index (κ3) is 7.02. The number of likely N-dealkylation sites (tertiary alicyclic amines) is 1. The monoisotopic (exact) mass is 567 g/mol. The van der Waals surface area contributed by atoms with Gasteiger partial charge in [-0.1, -0.05) is 12.1 Å². The van der Waals surface area contributed by atoms with E-state index in [4.69, 9.17) is 9.47 Å². The van der Waals surface area contributed by atoms with Gasteiger partial charge in [-0.25, -0.2) is 22.8 Å². The standard InChI is InChI=1S/C26H25F4N3O5S/c1-16-24(31-15-32-25(16)38-22-8-7-20(14-21(22)27)39(2,35)36)37-19-9-11-33(12-10-19)23(34)13-17-3-5-18(6-4-17)26(28,29)30/h3-8,14-15,19H,9-13H2,1-2H3. The molecule has 208 valence electrons. The molecular weight excluding hydrogens is 542 g/mol. The van der Waals surface area contributed by atoms with Crippen LogP contribution >= 0.6 is 0 Å². The quantitative estimate of drug-likeness (QED) is 0.380. The van der Waals surface area contributed by atoms with Crippen molar-refractivity contribution in [3.8, 4) is 17.5 Å². The normalized spacial score (nSPS) is 14.8. The van der Waals surface area contributed by atoms with Crippen LogP contribution in [0.3, 0.4) is 0 Å². The van der Waals surface area contributed by atoms with Crippen LogP contribution in [-0.4, -0.2) is 54.6 Å². The van der Waals surface area contributed by atoms with Crippen LogP contribution < -0.4 is 9.47 Å². The maximum absolute atomic E-state index is 14.4. The highest BCUT2D eigenvalue weighted by atomic mass is 32.2. The molecule has 0 spiro atoms. The van der Waals surface area contributed by atoms with Gasteiger partial charge < -0.3 is 14.4 Å². The highest BCUT2D eigenvalue weighted by Crippen LogP contribution is 2.32. The minimum absolute atomic E-state index is 0.00287. The molecule has 13 heteroatoms. The second-order valence-electron chi connectivity index (χ2n) is 9.14. The molecule has 39 heavy (non-hydrogen) atoms. The Balaban J connectivity index is 1.34. The van der Waals surface area contributed by atoms with Crippen LogP contribution in [0.25, 0.3) is 0 Å². The number of halogens is 4. The van der Waals surface area contributed by atoms with Gasteiger partial charge in [0.2, 0.25) is 17.7 Å². The zero-order chi connectivity index (χ0) is 28.4. The van der Waals surface area contributed by atoms with Gasteiger partial charge in [0.15, 0.2) is 21.4 Å². The summed E-state index contributed by atoms with van der Waals surface area (Å²) in [7, 11) is -3.58. The number of piperidine rings is 1. The van der Waals surface area contributed by atoms with Gasteiger partial charge in [0, 0.05) is 32.2 Å². The molecule has 1 amide bonds. The van der Waals surface area contributed by atoms with Crippen molar-refractivity contribution >= 4 is 15.7 Å². The highest BCUT2D eigenvalue weighted by molar-refractivity contribution is 7.90. The van der Waals surface area contributed by atoms with E-state index in [1.807, 2.05) is 0 Å². The third-order valence-electron chi connectivity index (χ3n) is 6.24. The van der Waals surface area contributed by atoms with Gasteiger partial charge in [0.1, 0.15) is 12.4 Å². The SMILES string of the molecule is Cc1c(Oc2ccc(S(C)(=O)=O)cc2F)ncnc1OC1CCN(C(=O)Cc2ccc(C(F)(F)F)cc2)CC1. The average molecular weight is 568 g/mol. The summed E-state index contributed by atoms with van der Waals surface area (Å²) in [4.78, 5) is 22.3. The summed E-state index contributed by atoms with van der Waals surface area (Å²) < 4.78 is 87.5. The fraction of sp³-hybridized carbons (Fsp3) is 0.346. The summed E-state index contributed by atoms with van der Waals surface area (Å²) in [6.07, 6.45) is -1.53. The molecule has 0 N–H and O–H groups in total. The first kappa shape index (κ1) is 28.3. The molecule has 0 aliphatic carbocycles. The molecular formula is C26H25F4N3O5S. The first-order valence-electron chi connectivity index (χ1n) is 11.9. The number of carbonyl (C=O) groups excluding carboxylic acids is 1. The molecule has 1 saturated heterocycles. The van der Waals surface area contributed by atoms with Crippen molar-refractivity contribution in [3.05, 3.63) is 71.3 Å². The van der Waals surface area contributed by atoms with Gasteiger partial charge in [-0.15, -0.1) is 0 Å². The van der Waals surface area contributed by atoms with Crippen molar-refractivity contribution in [3.63, 3.8) is 0 Å². The van der Waals surface area contributed by atoms with Crippen molar-refractivity contribution in [2.75, 3.05) is 19.3 Å². The van der Waals surface area contributed by atoms with Gasteiger partial charge >= 0.3 is 6.18 Å². The summed E-state index contributed by atoms with van der Waals surface area (Å²) in [6.45, 7) is 2.43. The van der Waals surface area contributed by atoms with E-state index in [0.29, 0.717) is 37.1 Å². The second kappa shape index (κ2) is 11.2. The van der Waals surface area contributed by atoms with E-state index in [1.165, 1.54) is 30.6 Å². The van der Waals surface area contributed by atoms with E-state index in [2.05, 4.69) is 9.97 Å². The van der Waals surface area contributed by atoms with E-state index in [1.54, 1.807) is 11.8 Å². The molecule has 1 aliphatic rings. The maximum Gasteiger partial charge on any atom is 0.416 e. The van der Waals surface area contributed by atoms with Crippen molar-refractivity contribution in [1.29, 1.82) is 0 Å². The first-order valence-corrected chi connectivity index (χ1v) is 13.8. The largest absolute Gasteiger partial charge is 0.474 e. The molecule has 0 atom stereocenters. The number of alkyl halides is 3. The fourth-order valence-corrected chi connectivity index (χ4v) is 4.65. The smallest absolute Gasteiger partial charge is 0.416 e. The Kier molecular flexibility index (Phi) is 8.09. The Morgan fingerprint density at radius 3 is 2.28 bits per heavy atom. The van der Waals surface area contributed by atoms with E-state index >= 15 is 0 Å². The summed E-state index contributed by atoms with van der Waals surface area (Å²) in [5.74, 6) is -1.01. The van der Waals surface area contributed by atoms with Crippen LogP contribution in [0.2, 0.25) is 0 Å². The number of ether oxygens (including phenoxy) is 2. The Morgan fingerprint density at radius 2 is 1.69 bits per heavy atom. The van der Waals surface area contributed by atoms with E-state index in [9.17, 15) is 30.8 Å². The van der Waals surface area contributed by atoms with Crippen molar-refractivity contribution < 1.29 is 40.2 Å². The van der Waals surface area contributed by atoms with E-state index in [0.717, 1.165) is 24.5 Å². The molecule has 0 bridgehead atoms. The lowest BCUT2D eigenvalue weighted by Crippen LogP contribution is -2.42. The average Bonchev–Trinajstić information content (AvgIpc) is 2.87. The predicted molar refractivity (Wildman–Crippen MR) is 132 cm³/mol. The Bertz CT molecular complexity index is 1460. The summed E-state index contributed by atoms with van der Waals surface area (Å²) >= 11 is 0. The molecule has 1 fully saturated rings. The number of amides is 1. The van der Waals surface area contributed by atoms with Gasteiger partial charge in [0.25, 0.3) is 0 Å². The minimum atomic E-state index is -4.43. The van der Waals surface area contributed by atoms with Crippen molar-refractivity contribution in [2.24, 2.45) is 0 Å². The molecule has 0 radical (unpaired) electrons. The number of hydrogen-bond acceptors (Lipinski definition) is 7. The van der Waals surface area contributed by atoms with Crippen molar-refractivity contribution in [1.82, 2.24) is 14.9 Å². The van der Waals surface area contributed by atoms with Crippen LogP contribution in [0.5, 0.6) is 17.5 Å². The second-order valence-corrected chi connectivity index (χ2v) is 11.2. The molecule has 1 aromatic heterocycles. The van der Waals surface area contributed by atoms with E-state index < -0.39 is 27.4 Å². The lowest BCUT2D eigenvalue weighted by Gasteiger charge is -2.32. The third-order valence-corrected chi connectivity index (χ3v) is 7.35.